The van der Waals surface area contributed by atoms with E-state index in [0.717, 1.165) is 11.1 Å². The number of rotatable bonds is 10. The van der Waals surface area contributed by atoms with E-state index in [0.29, 0.717) is 64.2 Å². The molecule has 4 aromatic carbocycles. The molecule has 0 unspecified atom stereocenters. The monoisotopic (exact) mass is 524 g/mol. The molecular formula is C31H24O8. The van der Waals surface area contributed by atoms with E-state index in [2.05, 4.69) is 9.47 Å². The smallest absolute Gasteiger partial charge is 0.337 e. The van der Waals surface area contributed by atoms with E-state index >= 15 is 0 Å². The van der Waals surface area contributed by atoms with Crippen molar-refractivity contribution in [2.24, 2.45) is 0 Å². The van der Waals surface area contributed by atoms with E-state index in [9.17, 15) is 19.2 Å². The van der Waals surface area contributed by atoms with Gasteiger partial charge < -0.3 is 18.9 Å². The minimum Gasteiger partial charge on any atom is -0.465 e. The number of methoxy groups -OCH3 is 2. The van der Waals surface area contributed by atoms with Crippen LogP contribution in [-0.4, -0.2) is 38.7 Å². The SMILES string of the molecule is COC(=O)c1ccc(Oc2ccc(Cc3ccc(Oc4ccc(C(=O)OC)cc4)c(C=O)c3)cc2C=O)cc1. The van der Waals surface area contributed by atoms with Crippen LogP contribution in [0.15, 0.2) is 84.9 Å². The van der Waals surface area contributed by atoms with Gasteiger partial charge in [0.2, 0.25) is 0 Å². The molecule has 0 radical (unpaired) electrons. The summed E-state index contributed by atoms with van der Waals surface area (Å²) in [7, 11) is 2.61. The zero-order valence-electron chi connectivity index (χ0n) is 21.2. The van der Waals surface area contributed by atoms with Gasteiger partial charge in [0.1, 0.15) is 23.0 Å². The summed E-state index contributed by atoms with van der Waals surface area (Å²) in [6, 6.07) is 23.3. The fraction of sp³-hybridized carbons (Fsp3) is 0.0968. The van der Waals surface area contributed by atoms with Crippen molar-refractivity contribution in [3.8, 4) is 23.0 Å². The maximum absolute atomic E-state index is 11.8. The van der Waals surface area contributed by atoms with Gasteiger partial charge in [0.15, 0.2) is 12.6 Å². The standard InChI is InChI=1S/C31H24O8/c1-36-30(34)22-5-9-26(10-6-22)38-28-13-3-20(16-24(28)18-32)15-21-4-14-29(25(17-21)19-33)39-27-11-7-23(8-12-27)31(35)37-2/h3-14,16-19H,15H2,1-2H3. The van der Waals surface area contributed by atoms with Crippen LogP contribution in [-0.2, 0) is 15.9 Å². The third-order valence-electron chi connectivity index (χ3n) is 5.82. The highest BCUT2D eigenvalue weighted by molar-refractivity contribution is 5.90. The molecule has 39 heavy (non-hydrogen) atoms. The van der Waals surface area contributed by atoms with Gasteiger partial charge in [-0.3, -0.25) is 9.59 Å². The second-order valence-corrected chi connectivity index (χ2v) is 8.39. The van der Waals surface area contributed by atoms with Crippen LogP contribution >= 0.6 is 0 Å². The Labute approximate surface area is 224 Å². The van der Waals surface area contributed by atoms with Crippen molar-refractivity contribution < 1.29 is 38.1 Å². The first-order chi connectivity index (χ1) is 18.9. The summed E-state index contributed by atoms with van der Waals surface area (Å²) in [6.45, 7) is 0. The molecule has 0 heterocycles. The fourth-order valence-electron chi connectivity index (χ4n) is 3.83. The van der Waals surface area contributed by atoms with Crippen molar-refractivity contribution >= 4 is 24.5 Å². The topological polar surface area (TPSA) is 105 Å². The van der Waals surface area contributed by atoms with Crippen molar-refractivity contribution in [3.63, 3.8) is 0 Å². The number of hydrogen-bond donors (Lipinski definition) is 0. The first-order valence-electron chi connectivity index (χ1n) is 11.8. The number of benzene rings is 4. The Morgan fingerprint density at radius 3 is 1.31 bits per heavy atom. The van der Waals surface area contributed by atoms with Crippen LogP contribution in [0.3, 0.4) is 0 Å². The van der Waals surface area contributed by atoms with E-state index in [1.54, 1.807) is 72.8 Å². The van der Waals surface area contributed by atoms with Crippen LogP contribution in [0.1, 0.15) is 52.6 Å². The fourth-order valence-corrected chi connectivity index (χ4v) is 3.83. The van der Waals surface area contributed by atoms with Crippen LogP contribution in [0, 0.1) is 0 Å². The number of carbonyl (C=O) groups is 4. The van der Waals surface area contributed by atoms with Crippen molar-refractivity contribution in [1.82, 2.24) is 0 Å². The number of ether oxygens (including phenoxy) is 4. The van der Waals surface area contributed by atoms with Gasteiger partial charge in [0.05, 0.1) is 36.5 Å². The summed E-state index contributed by atoms with van der Waals surface area (Å²) >= 11 is 0. The molecule has 0 aliphatic carbocycles. The van der Waals surface area contributed by atoms with Gasteiger partial charge in [-0.1, -0.05) is 12.1 Å². The van der Waals surface area contributed by atoms with Crippen molar-refractivity contribution in [2.75, 3.05) is 14.2 Å². The molecule has 196 valence electrons. The van der Waals surface area contributed by atoms with E-state index in [4.69, 9.17) is 9.47 Å². The van der Waals surface area contributed by atoms with E-state index in [1.807, 2.05) is 12.1 Å². The van der Waals surface area contributed by atoms with Crippen LogP contribution in [0.25, 0.3) is 0 Å². The summed E-state index contributed by atoms with van der Waals surface area (Å²) in [6.07, 6.45) is 1.88. The predicted molar refractivity (Wildman–Crippen MR) is 142 cm³/mol. The predicted octanol–water partition coefficient (Wildman–Crippen LogP) is 6.06. The minimum absolute atomic E-state index is 0.357. The average molecular weight is 525 g/mol. The lowest BCUT2D eigenvalue weighted by molar-refractivity contribution is 0.0592. The van der Waals surface area contributed by atoms with Crippen LogP contribution in [0.5, 0.6) is 23.0 Å². The molecule has 4 rings (SSSR count). The Kier molecular flexibility index (Phi) is 8.48. The van der Waals surface area contributed by atoms with E-state index in [1.165, 1.54) is 14.2 Å². The number of esters is 2. The highest BCUT2D eigenvalue weighted by Gasteiger charge is 2.12. The van der Waals surface area contributed by atoms with Crippen molar-refractivity contribution in [2.45, 2.75) is 6.42 Å². The highest BCUT2D eigenvalue weighted by atomic mass is 16.5. The quantitative estimate of drug-likeness (QED) is 0.182. The Morgan fingerprint density at radius 2 is 0.974 bits per heavy atom. The molecule has 0 bridgehead atoms. The molecule has 0 fully saturated rings. The van der Waals surface area contributed by atoms with Crippen molar-refractivity contribution in [1.29, 1.82) is 0 Å². The maximum atomic E-state index is 11.8. The molecule has 0 saturated carbocycles. The highest BCUT2D eigenvalue weighted by Crippen LogP contribution is 2.29. The summed E-state index contributed by atoms with van der Waals surface area (Å²) < 4.78 is 21.1. The Bertz CT molecular complexity index is 1390. The number of hydrogen-bond acceptors (Lipinski definition) is 8. The lowest BCUT2D eigenvalue weighted by Gasteiger charge is -2.12. The Morgan fingerprint density at radius 1 is 0.590 bits per heavy atom. The van der Waals surface area contributed by atoms with Crippen LogP contribution < -0.4 is 9.47 Å². The molecule has 8 heteroatoms. The summed E-state index contributed by atoms with van der Waals surface area (Å²) in [5.41, 5.74) is 3.17. The van der Waals surface area contributed by atoms with Gasteiger partial charge in [-0.15, -0.1) is 0 Å². The van der Waals surface area contributed by atoms with E-state index < -0.39 is 11.9 Å². The maximum Gasteiger partial charge on any atom is 0.337 e. The first-order valence-corrected chi connectivity index (χ1v) is 11.8. The van der Waals surface area contributed by atoms with Gasteiger partial charge >= 0.3 is 11.9 Å². The second-order valence-electron chi connectivity index (χ2n) is 8.39. The third-order valence-corrected chi connectivity index (χ3v) is 5.82. The molecule has 0 aliphatic rings. The molecule has 0 spiro atoms. The minimum atomic E-state index is -0.453. The zero-order chi connectivity index (χ0) is 27.8. The largest absolute Gasteiger partial charge is 0.465 e. The van der Waals surface area contributed by atoms with Gasteiger partial charge in [-0.25, -0.2) is 9.59 Å². The normalized spacial score (nSPS) is 10.3. The first kappa shape index (κ1) is 26.8. The summed E-state index contributed by atoms with van der Waals surface area (Å²) in [4.78, 5) is 46.7. The lowest BCUT2D eigenvalue weighted by atomic mass is 10.0. The zero-order valence-corrected chi connectivity index (χ0v) is 21.2. The van der Waals surface area contributed by atoms with Gasteiger partial charge in [0.25, 0.3) is 0 Å². The van der Waals surface area contributed by atoms with Crippen LogP contribution in [0.4, 0.5) is 0 Å². The van der Waals surface area contributed by atoms with Crippen molar-refractivity contribution in [3.05, 3.63) is 118 Å². The Balaban J connectivity index is 1.47. The molecule has 0 atom stereocenters. The van der Waals surface area contributed by atoms with E-state index in [-0.39, 0.29) is 0 Å². The third kappa shape index (κ3) is 6.56. The van der Waals surface area contributed by atoms with Gasteiger partial charge in [-0.05, 0) is 90.3 Å². The molecule has 4 aromatic rings. The molecular weight excluding hydrogens is 500 g/mol. The molecule has 0 aromatic heterocycles. The molecule has 0 N–H and O–H groups in total. The second kappa shape index (κ2) is 12.3. The summed E-state index contributed by atoms with van der Waals surface area (Å²) in [5, 5.41) is 0. The Hall–Kier alpha value is -5.24. The van der Waals surface area contributed by atoms with Crippen LogP contribution in [0.2, 0.25) is 0 Å². The lowest BCUT2D eigenvalue weighted by Crippen LogP contribution is -2.01. The number of aldehydes is 2. The molecule has 0 aliphatic heterocycles. The molecule has 8 nitrogen and oxygen atoms in total. The van der Waals surface area contributed by atoms with Gasteiger partial charge in [0, 0.05) is 0 Å². The van der Waals surface area contributed by atoms with Gasteiger partial charge in [-0.2, -0.15) is 0 Å². The molecule has 0 saturated heterocycles. The number of carbonyl (C=O) groups excluding carboxylic acids is 4. The summed E-state index contributed by atoms with van der Waals surface area (Å²) in [5.74, 6) is 0.761. The molecule has 0 amide bonds. The average Bonchev–Trinajstić information content (AvgIpc) is 2.98.